The molecule has 170 valence electrons. The van der Waals surface area contributed by atoms with Crippen LogP contribution in [0.15, 0.2) is 65.3 Å². The zero-order chi connectivity index (χ0) is 23.4. The Morgan fingerprint density at radius 1 is 1.06 bits per heavy atom. The van der Waals surface area contributed by atoms with Gasteiger partial charge in [-0.2, -0.15) is 0 Å². The van der Waals surface area contributed by atoms with Crippen molar-refractivity contribution in [1.29, 1.82) is 0 Å². The van der Waals surface area contributed by atoms with E-state index in [4.69, 9.17) is 14.0 Å². The summed E-state index contributed by atoms with van der Waals surface area (Å²) in [5, 5.41) is 9.08. The minimum Gasteiger partial charge on any atom is -0.465 e. The molecule has 2 aromatic carbocycles. The second-order valence-corrected chi connectivity index (χ2v) is 7.73. The Hall–Kier alpha value is -3.98. The number of hydrogen-bond acceptors (Lipinski definition) is 7. The molecular weight excluding hydrogens is 426 g/mol. The number of rotatable bonds is 7. The maximum absolute atomic E-state index is 13.2. The Labute approximate surface area is 190 Å². The Kier molecular flexibility index (Phi) is 6.23. The minimum atomic E-state index is -1.25. The van der Waals surface area contributed by atoms with Gasteiger partial charge in [0, 0.05) is 6.07 Å². The van der Waals surface area contributed by atoms with E-state index in [9.17, 15) is 14.4 Å². The van der Waals surface area contributed by atoms with Gasteiger partial charge >= 0.3 is 5.97 Å². The number of nitrogens with zero attached hydrogens (tertiary/aromatic N) is 1. The normalized spacial score (nSPS) is 15.1. The largest absolute Gasteiger partial charge is 0.465 e. The maximum Gasteiger partial charge on any atom is 0.338 e. The van der Waals surface area contributed by atoms with Crippen LogP contribution in [0.4, 0.5) is 0 Å². The number of hydrogen-bond donors (Lipinski definition) is 2. The molecule has 0 radical (unpaired) electrons. The van der Waals surface area contributed by atoms with Crippen LogP contribution >= 0.6 is 0 Å². The molecule has 0 unspecified atom stereocenters. The molecule has 9 heteroatoms. The molecule has 1 aromatic heterocycles. The number of esters is 1. The molecule has 33 heavy (non-hydrogen) atoms. The number of amides is 2. The molecule has 1 aliphatic rings. The van der Waals surface area contributed by atoms with E-state index < -0.39 is 29.4 Å². The van der Waals surface area contributed by atoms with Gasteiger partial charge in [-0.25, -0.2) is 4.79 Å². The van der Waals surface area contributed by atoms with Gasteiger partial charge in [0.1, 0.15) is 0 Å². The molecule has 0 spiro atoms. The van der Waals surface area contributed by atoms with Crippen molar-refractivity contribution in [2.45, 2.75) is 18.5 Å². The number of aromatic nitrogens is 1. The molecule has 1 fully saturated rings. The molecule has 0 bridgehead atoms. The van der Waals surface area contributed by atoms with Crippen molar-refractivity contribution in [2.75, 3.05) is 20.3 Å². The van der Waals surface area contributed by atoms with Crippen molar-refractivity contribution < 1.29 is 28.4 Å². The van der Waals surface area contributed by atoms with Crippen LogP contribution in [0.1, 0.15) is 39.4 Å². The predicted molar refractivity (Wildman–Crippen MR) is 117 cm³/mol. The first-order valence-electron chi connectivity index (χ1n) is 10.3. The van der Waals surface area contributed by atoms with Gasteiger partial charge in [0.05, 0.1) is 38.1 Å². The monoisotopic (exact) mass is 449 g/mol. The van der Waals surface area contributed by atoms with Crippen LogP contribution in [0, 0.1) is 0 Å². The van der Waals surface area contributed by atoms with Gasteiger partial charge in [-0.3, -0.25) is 9.59 Å². The summed E-state index contributed by atoms with van der Waals surface area (Å²) >= 11 is 0. The Morgan fingerprint density at radius 2 is 1.82 bits per heavy atom. The quantitative estimate of drug-likeness (QED) is 0.532. The van der Waals surface area contributed by atoms with E-state index >= 15 is 0 Å². The zero-order valence-electron chi connectivity index (χ0n) is 18.2. The number of benzene rings is 2. The maximum atomic E-state index is 13.2. The Bertz CT molecular complexity index is 1160. The number of methoxy groups -OCH3 is 1. The standard InChI is InChI=1S/C24H23N3O6/c1-15(26-23(30)24(13-32-14-24)27-21(28)19-11-12-25-33-19)17-9-6-10-18(20(17)22(29)31-2)16-7-4-3-5-8-16/h3-12,15H,13-14H2,1-2H3,(H,26,30)(H,27,28)/t15-/m1/s1. The average molecular weight is 449 g/mol. The van der Waals surface area contributed by atoms with Crippen LogP contribution in [0.2, 0.25) is 0 Å². The summed E-state index contributed by atoms with van der Waals surface area (Å²) in [7, 11) is 1.32. The molecule has 1 aliphatic heterocycles. The second-order valence-electron chi connectivity index (χ2n) is 7.73. The number of carbonyl (C=O) groups excluding carboxylic acids is 3. The Morgan fingerprint density at radius 3 is 2.42 bits per heavy atom. The van der Waals surface area contributed by atoms with Crippen molar-refractivity contribution in [3.05, 3.63) is 77.7 Å². The molecule has 0 aliphatic carbocycles. The van der Waals surface area contributed by atoms with Crippen molar-refractivity contribution in [3.63, 3.8) is 0 Å². The smallest absolute Gasteiger partial charge is 0.338 e. The van der Waals surface area contributed by atoms with Crippen LogP contribution in [0.25, 0.3) is 11.1 Å². The fourth-order valence-electron chi connectivity index (χ4n) is 3.71. The van der Waals surface area contributed by atoms with E-state index in [0.717, 1.165) is 5.56 Å². The molecule has 0 saturated carbocycles. The van der Waals surface area contributed by atoms with E-state index in [1.54, 1.807) is 13.0 Å². The molecule has 9 nitrogen and oxygen atoms in total. The lowest BCUT2D eigenvalue weighted by Gasteiger charge is -2.40. The molecule has 1 atom stereocenters. The van der Waals surface area contributed by atoms with Crippen LogP contribution in [0.3, 0.4) is 0 Å². The summed E-state index contributed by atoms with van der Waals surface area (Å²) in [6.45, 7) is 1.79. The van der Waals surface area contributed by atoms with E-state index in [0.29, 0.717) is 16.7 Å². The fraction of sp³-hybridized carbons (Fsp3) is 0.250. The van der Waals surface area contributed by atoms with Gasteiger partial charge in [0.25, 0.3) is 11.8 Å². The van der Waals surface area contributed by atoms with Gasteiger partial charge in [-0.1, -0.05) is 53.7 Å². The summed E-state index contributed by atoms with van der Waals surface area (Å²) in [5.74, 6) is -1.52. The SMILES string of the molecule is COC(=O)c1c(-c2ccccc2)cccc1[C@@H](C)NC(=O)C1(NC(=O)c2ccno2)COC1. The van der Waals surface area contributed by atoms with E-state index in [2.05, 4.69) is 15.8 Å². The number of ether oxygens (including phenoxy) is 2. The van der Waals surface area contributed by atoms with Crippen LogP contribution in [0.5, 0.6) is 0 Å². The third-order valence-corrected chi connectivity index (χ3v) is 5.53. The van der Waals surface area contributed by atoms with Crippen LogP contribution < -0.4 is 10.6 Å². The van der Waals surface area contributed by atoms with Crippen molar-refractivity contribution in [1.82, 2.24) is 15.8 Å². The van der Waals surface area contributed by atoms with Gasteiger partial charge < -0.3 is 24.6 Å². The van der Waals surface area contributed by atoms with Crippen molar-refractivity contribution in [3.8, 4) is 11.1 Å². The highest BCUT2D eigenvalue weighted by molar-refractivity contribution is 6.00. The molecular formula is C24H23N3O6. The molecule has 2 N–H and O–H groups in total. The lowest BCUT2D eigenvalue weighted by molar-refractivity contribution is -0.147. The number of carbonyl (C=O) groups is 3. The van der Waals surface area contributed by atoms with Gasteiger partial charge in [0.15, 0.2) is 5.54 Å². The lowest BCUT2D eigenvalue weighted by Crippen LogP contribution is -2.70. The van der Waals surface area contributed by atoms with Crippen molar-refractivity contribution >= 4 is 17.8 Å². The van der Waals surface area contributed by atoms with Gasteiger partial charge in [-0.05, 0) is 23.6 Å². The first kappa shape index (κ1) is 22.2. The molecule has 1 saturated heterocycles. The van der Waals surface area contributed by atoms with Gasteiger partial charge in [-0.15, -0.1) is 0 Å². The lowest BCUT2D eigenvalue weighted by atomic mass is 9.91. The summed E-state index contributed by atoms with van der Waals surface area (Å²) in [5.41, 5.74) is 1.25. The number of nitrogens with one attached hydrogen (secondary N) is 2. The third-order valence-electron chi connectivity index (χ3n) is 5.53. The Balaban J connectivity index is 1.60. The van der Waals surface area contributed by atoms with Crippen LogP contribution in [-0.2, 0) is 14.3 Å². The van der Waals surface area contributed by atoms with Crippen LogP contribution in [-0.4, -0.2) is 48.8 Å². The minimum absolute atomic E-state index is 0.00865. The van der Waals surface area contributed by atoms with E-state index in [-0.39, 0.29) is 19.0 Å². The first-order valence-corrected chi connectivity index (χ1v) is 10.3. The zero-order valence-corrected chi connectivity index (χ0v) is 18.2. The molecule has 3 aromatic rings. The second kappa shape index (κ2) is 9.25. The van der Waals surface area contributed by atoms with E-state index in [1.165, 1.54) is 19.4 Å². The molecule has 2 amide bonds. The van der Waals surface area contributed by atoms with E-state index in [1.807, 2.05) is 42.5 Å². The third kappa shape index (κ3) is 4.35. The van der Waals surface area contributed by atoms with Crippen molar-refractivity contribution in [2.24, 2.45) is 0 Å². The summed E-state index contributed by atoms with van der Waals surface area (Å²) in [6.07, 6.45) is 1.34. The fourth-order valence-corrected chi connectivity index (χ4v) is 3.71. The highest BCUT2D eigenvalue weighted by Crippen LogP contribution is 2.31. The van der Waals surface area contributed by atoms with Gasteiger partial charge in [0.2, 0.25) is 5.76 Å². The average Bonchev–Trinajstić information content (AvgIpc) is 3.36. The topological polar surface area (TPSA) is 120 Å². The highest BCUT2D eigenvalue weighted by Gasteiger charge is 2.48. The summed E-state index contributed by atoms with van der Waals surface area (Å²) < 4.78 is 15.1. The molecule has 4 rings (SSSR count). The molecule has 2 heterocycles. The summed E-state index contributed by atoms with van der Waals surface area (Å²) in [4.78, 5) is 38.3. The summed E-state index contributed by atoms with van der Waals surface area (Å²) in [6, 6.07) is 15.7. The first-order chi connectivity index (χ1) is 15.9. The predicted octanol–water partition coefficient (Wildman–Crippen LogP) is 2.50. The highest BCUT2D eigenvalue weighted by atomic mass is 16.5.